The molecule has 30 heavy (non-hydrogen) atoms. The zero-order valence-corrected chi connectivity index (χ0v) is 16.9. The molecule has 0 bridgehead atoms. The minimum atomic E-state index is -0.0967. The van der Waals surface area contributed by atoms with Gasteiger partial charge in [0.05, 0.1) is 6.04 Å². The number of para-hydroxylation sites is 1. The first kappa shape index (κ1) is 20.0. The van der Waals surface area contributed by atoms with Gasteiger partial charge in [0.1, 0.15) is 5.75 Å². The summed E-state index contributed by atoms with van der Waals surface area (Å²) in [5.41, 5.74) is 2.13. The average molecular weight is 402 g/mol. The Balaban J connectivity index is 1.31. The van der Waals surface area contributed by atoms with Crippen LogP contribution in [0.4, 0.5) is 0 Å². The zero-order chi connectivity index (χ0) is 20.6. The van der Waals surface area contributed by atoms with Gasteiger partial charge in [-0.15, -0.1) is 0 Å². The van der Waals surface area contributed by atoms with E-state index >= 15 is 0 Å². The van der Waals surface area contributed by atoms with Crippen molar-refractivity contribution in [3.05, 3.63) is 84.3 Å². The summed E-state index contributed by atoms with van der Waals surface area (Å²) in [4.78, 5) is 23.6. The number of hydrogen-bond acceptors (Lipinski definition) is 5. The van der Waals surface area contributed by atoms with Crippen molar-refractivity contribution < 1.29 is 9.53 Å². The number of benzene rings is 1. The fourth-order valence-electron chi connectivity index (χ4n) is 3.69. The number of pyridine rings is 2. The highest BCUT2D eigenvalue weighted by atomic mass is 16.5. The standard InChI is InChI=1S/C24H26N4O2/c29-24(22-8-4-5-15-28(22)18-19-11-13-25-14-12-19)27-17-20-9-10-23(26-16-20)30-21-6-2-1-3-7-21/h1-3,6-7,9-14,16,22H,4-5,8,15,17-18H2,(H,27,29). The first-order valence-corrected chi connectivity index (χ1v) is 10.4. The van der Waals surface area contributed by atoms with Gasteiger partial charge < -0.3 is 10.1 Å². The maximum absolute atomic E-state index is 12.9. The predicted molar refractivity (Wildman–Crippen MR) is 115 cm³/mol. The molecule has 1 N–H and O–H groups in total. The van der Waals surface area contributed by atoms with Gasteiger partial charge in [-0.25, -0.2) is 4.98 Å². The van der Waals surface area contributed by atoms with Crippen LogP contribution in [-0.2, 0) is 17.9 Å². The van der Waals surface area contributed by atoms with E-state index in [-0.39, 0.29) is 11.9 Å². The largest absolute Gasteiger partial charge is 0.439 e. The van der Waals surface area contributed by atoms with Crippen LogP contribution in [0, 0.1) is 0 Å². The third-order valence-electron chi connectivity index (χ3n) is 5.28. The van der Waals surface area contributed by atoms with Gasteiger partial charge in [-0.2, -0.15) is 0 Å². The monoisotopic (exact) mass is 402 g/mol. The highest BCUT2D eigenvalue weighted by Gasteiger charge is 2.28. The van der Waals surface area contributed by atoms with E-state index < -0.39 is 0 Å². The van der Waals surface area contributed by atoms with Crippen LogP contribution in [0.25, 0.3) is 0 Å². The third kappa shape index (κ3) is 5.42. The summed E-state index contributed by atoms with van der Waals surface area (Å²) >= 11 is 0. The fourth-order valence-corrected chi connectivity index (χ4v) is 3.69. The van der Waals surface area contributed by atoms with E-state index in [1.54, 1.807) is 18.6 Å². The van der Waals surface area contributed by atoms with E-state index in [0.29, 0.717) is 12.4 Å². The van der Waals surface area contributed by atoms with Gasteiger partial charge in [0.2, 0.25) is 11.8 Å². The lowest BCUT2D eigenvalue weighted by atomic mass is 10.0. The van der Waals surface area contributed by atoms with Crippen molar-refractivity contribution in [1.29, 1.82) is 0 Å². The molecule has 0 spiro atoms. The summed E-state index contributed by atoms with van der Waals surface area (Å²) < 4.78 is 5.72. The molecule has 3 heterocycles. The van der Waals surface area contributed by atoms with Crippen LogP contribution in [-0.4, -0.2) is 33.4 Å². The third-order valence-corrected chi connectivity index (χ3v) is 5.28. The molecule has 6 heteroatoms. The van der Waals surface area contributed by atoms with Gasteiger partial charge in [-0.1, -0.05) is 30.7 Å². The van der Waals surface area contributed by atoms with E-state index in [1.165, 1.54) is 5.56 Å². The molecule has 154 valence electrons. The molecule has 3 aromatic rings. The first-order chi connectivity index (χ1) is 14.8. The number of aromatic nitrogens is 2. The molecule has 6 nitrogen and oxygen atoms in total. The van der Waals surface area contributed by atoms with Gasteiger partial charge in [-0.3, -0.25) is 14.7 Å². The van der Waals surface area contributed by atoms with Crippen LogP contribution in [0.3, 0.4) is 0 Å². The van der Waals surface area contributed by atoms with Crippen molar-refractivity contribution in [3.8, 4) is 11.6 Å². The SMILES string of the molecule is O=C(NCc1ccc(Oc2ccccc2)nc1)C1CCCCN1Cc1ccncc1. The van der Waals surface area contributed by atoms with Gasteiger partial charge in [0, 0.05) is 37.7 Å². The minimum absolute atomic E-state index is 0.0772. The Bertz CT molecular complexity index is 932. The summed E-state index contributed by atoms with van der Waals surface area (Å²) in [6, 6.07) is 17.2. The second-order valence-electron chi connectivity index (χ2n) is 7.48. The lowest BCUT2D eigenvalue weighted by Crippen LogP contribution is -2.48. The molecule has 1 aliphatic rings. The second kappa shape index (κ2) is 9.98. The molecule has 0 saturated carbocycles. The van der Waals surface area contributed by atoms with E-state index in [0.717, 1.165) is 43.7 Å². The Morgan fingerprint density at radius 3 is 2.63 bits per heavy atom. The van der Waals surface area contributed by atoms with Gasteiger partial charge >= 0.3 is 0 Å². The van der Waals surface area contributed by atoms with Crippen LogP contribution in [0.15, 0.2) is 73.2 Å². The fraction of sp³-hybridized carbons (Fsp3) is 0.292. The van der Waals surface area contributed by atoms with E-state index in [1.807, 2.05) is 54.6 Å². The summed E-state index contributed by atoms with van der Waals surface area (Å²) in [7, 11) is 0. The van der Waals surface area contributed by atoms with E-state index in [9.17, 15) is 4.79 Å². The smallest absolute Gasteiger partial charge is 0.237 e. The summed E-state index contributed by atoms with van der Waals surface area (Å²) in [5.74, 6) is 1.36. The number of likely N-dealkylation sites (tertiary alicyclic amines) is 1. The Hall–Kier alpha value is -3.25. The average Bonchev–Trinajstić information content (AvgIpc) is 2.80. The molecule has 1 saturated heterocycles. The van der Waals surface area contributed by atoms with Crippen molar-refractivity contribution in [2.45, 2.75) is 38.4 Å². The van der Waals surface area contributed by atoms with Crippen molar-refractivity contribution in [1.82, 2.24) is 20.2 Å². The molecule has 0 aliphatic carbocycles. The zero-order valence-electron chi connectivity index (χ0n) is 16.9. The highest BCUT2D eigenvalue weighted by molar-refractivity contribution is 5.81. The van der Waals surface area contributed by atoms with Gasteiger partial charge in [0.25, 0.3) is 0 Å². The van der Waals surface area contributed by atoms with Gasteiger partial charge in [-0.05, 0) is 54.8 Å². The number of rotatable bonds is 7. The van der Waals surface area contributed by atoms with Crippen LogP contribution in [0.5, 0.6) is 11.6 Å². The molecular weight excluding hydrogens is 376 g/mol. The Morgan fingerprint density at radius 1 is 1.03 bits per heavy atom. The lowest BCUT2D eigenvalue weighted by Gasteiger charge is -2.34. The van der Waals surface area contributed by atoms with Crippen molar-refractivity contribution in [2.75, 3.05) is 6.54 Å². The topological polar surface area (TPSA) is 67.3 Å². The maximum atomic E-state index is 12.9. The summed E-state index contributed by atoms with van der Waals surface area (Å²) in [6.45, 7) is 2.16. The van der Waals surface area contributed by atoms with Crippen LogP contribution < -0.4 is 10.1 Å². The number of amides is 1. The molecule has 1 aromatic carbocycles. The number of hydrogen-bond donors (Lipinski definition) is 1. The maximum Gasteiger partial charge on any atom is 0.237 e. The molecule has 2 aromatic heterocycles. The minimum Gasteiger partial charge on any atom is -0.439 e. The predicted octanol–water partition coefficient (Wildman–Crippen LogP) is 3.94. The first-order valence-electron chi connectivity index (χ1n) is 10.4. The molecule has 4 rings (SSSR count). The number of carbonyl (C=O) groups is 1. The van der Waals surface area contributed by atoms with Crippen molar-refractivity contribution in [2.24, 2.45) is 0 Å². The summed E-state index contributed by atoms with van der Waals surface area (Å²) in [5, 5.41) is 3.08. The molecular formula is C24H26N4O2. The number of ether oxygens (including phenoxy) is 1. The van der Waals surface area contributed by atoms with Crippen molar-refractivity contribution >= 4 is 5.91 Å². The van der Waals surface area contributed by atoms with Crippen LogP contribution >= 0.6 is 0 Å². The number of piperidine rings is 1. The van der Waals surface area contributed by atoms with E-state index in [2.05, 4.69) is 20.2 Å². The molecule has 1 amide bonds. The van der Waals surface area contributed by atoms with Crippen molar-refractivity contribution in [3.63, 3.8) is 0 Å². The number of nitrogens with zero attached hydrogens (tertiary/aromatic N) is 3. The number of nitrogens with one attached hydrogen (secondary N) is 1. The highest BCUT2D eigenvalue weighted by Crippen LogP contribution is 2.21. The Kier molecular flexibility index (Phi) is 6.67. The Labute approximate surface area is 176 Å². The molecule has 0 radical (unpaired) electrons. The van der Waals surface area contributed by atoms with E-state index in [4.69, 9.17) is 4.74 Å². The van der Waals surface area contributed by atoms with Gasteiger partial charge in [0.15, 0.2) is 0 Å². The second-order valence-corrected chi connectivity index (χ2v) is 7.48. The van der Waals surface area contributed by atoms with Crippen LogP contribution in [0.2, 0.25) is 0 Å². The molecule has 1 aliphatic heterocycles. The quantitative estimate of drug-likeness (QED) is 0.648. The molecule has 1 unspecified atom stereocenters. The Morgan fingerprint density at radius 2 is 1.87 bits per heavy atom. The van der Waals surface area contributed by atoms with Crippen LogP contribution in [0.1, 0.15) is 30.4 Å². The number of carbonyl (C=O) groups excluding carboxylic acids is 1. The summed E-state index contributed by atoms with van der Waals surface area (Å²) in [6.07, 6.45) is 8.44. The normalized spacial score (nSPS) is 16.7. The molecule has 1 fully saturated rings. The lowest BCUT2D eigenvalue weighted by molar-refractivity contribution is -0.128. The molecule has 1 atom stereocenters.